The highest BCUT2D eigenvalue weighted by atomic mass is 16.5. The van der Waals surface area contributed by atoms with Crippen LogP contribution < -0.4 is 10.1 Å². The maximum atomic E-state index is 12.5. The number of amides is 1. The van der Waals surface area contributed by atoms with Gasteiger partial charge in [0.05, 0.1) is 6.61 Å². The van der Waals surface area contributed by atoms with Crippen molar-refractivity contribution in [3.05, 3.63) is 59.7 Å². The minimum atomic E-state index is -0.118. The summed E-state index contributed by atoms with van der Waals surface area (Å²) in [7, 11) is 0. The molecule has 0 aliphatic heterocycles. The number of carbonyl (C=O) groups excluding carboxylic acids is 1. The Balaban J connectivity index is 2.14. The van der Waals surface area contributed by atoms with Crippen LogP contribution in [0.25, 0.3) is 0 Å². The van der Waals surface area contributed by atoms with Crippen LogP contribution in [0.2, 0.25) is 0 Å². The van der Waals surface area contributed by atoms with Gasteiger partial charge in [-0.15, -0.1) is 0 Å². The third-order valence-electron chi connectivity index (χ3n) is 3.51. The molecule has 0 aromatic heterocycles. The number of anilines is 1. The molecule has 0 saturated heterocycles. The molecule has 0 aliphatic carbocycles. The normalized spacial score (nSPS) is 10.9. The Hall–Kier alpha value is -2.29. The number of benzene rings is 2. The Morgan fingerprint density at radius 3 is 2.48 bits per heavy atom. The van der Waals surface area contributed by atoms with Crippen molar-refractivity contribution in [1.82, 2.24) is 0 Å². The molecule has 0 saturated carbocycles. The predicted molar refractivity (Wildman–Crippen MR) is 95.3 cm³/mol. The fourth-order valence-electron chi connectivity index (χ4n) is 2.30. The van der Waals surface area contributed by atoms with E-state index in [4.69, 9.17) is 4.74 Å². The molecule has 0 atom stereocenters. The lowest BCUT2D eigenvalue weighted by Crippen LogP contribution is -2.14. The van der Waals surface area contributed by atoms with Gasteiger partial charge in [-0.3, -0.25) is 4.79 Å². The van der Waals surface area contributed by atoms with E-state index in [0.717, 1.165) is 17.0 Å². The molecular weight excluding hydrogens is 286 g/mol. The summed E-state index contributed by atoms with van der Waals surface area (Å²) in [5.41, 5.74) is 2.60. The first-order valence-corrected chi connectivity index (χ1v) is 8.10. The zero-order valence-electron chi connectivity index (χ0n) is 14.3. The summed E-state index contributed by atoms with van der Waals surface area (Å²) < 4.78 is 5.69. The Morgan fingerprint density at radius 1 is 1.04 bits per heavy atom. The Morgan fingerprint density at radius 2 is 1.78 bits per heavy atom. The second-order valence-corrected chi connectivity index (χ2v) is 6.43. The van der Waals surface area contributed by atoms with E-state index in [9.17, 15) is 4.79 Å². The minimum absolute atomic E-state index is 0.118. The van der Waals surface area contributed by atoms with E-state index < -0.39 is 0 Å². The molecule has 0 heterocycles. The van der Waals surface area contributed by atoms with Crippen molar-refractivity contribution in [3.63, 3.8) is 0 Å². The zero-order chi connectivity index (χ0) is 16.8. The number of para-hydroxylation sites is 1. The van der Waals surface area contributed by atoms with Crippen molar-refractivity contribution < 1.29 is 9.53 Å². The van der Waals surface area contributed by atoms with Crippen LogP contribution in [0.15, 0.2) is 48.5 Å². The number of hydrogen-bond acceptors (Lipinski definition) is 2. The van der Waals surface area contributed by atoms with Gasteiger partial charge in [-0.25, -0.2) is 0 Å². The number of rotatable bonds is 6. The molecule has 23 heavy (non-hydrogen) atoms. The van der Waals surface area contributed by atoms with Crippen LogP contribution in [0, 0.1) is 5.92 Å². The van der Waals surface area contributed by atoms with Crippen LogP contribution in [0.1, 0.15) is 49.5 Å². The highest BCUT2D eigenvalue weighted by Crippen LogP contribution is 2.24. The predicted octanol–water partition coefficient (Wildman–Crippen LogP) is 5.10. The third kappa shape index (κ3) is 4.85. The topological polar surface area (TPSA) is 38.3 Å². The maximum absolute atomic E-state index is 12.5. The number of nitrogens with one attached hydrogen (secondary N) is 1. The second kappa shape index (κ2) is 7.82. The van der Waals surface area contributed by atoms with E-state index in [1.807, 2.05) is 36.4 Å². The summed E-state index contributed by atoms with van der Waals surface area (Å²) in [6.07, 6.45) is 0. The Labute approximate surface area is 138 Å². The average molecular weight is 311 g/mol. The van der Waals surface area contributed by atoms with Crippen LogP contribution in [-0.4, -0.2) is 12.5 Å². The van der Waals surface area contributed by atoms with Crippen LogP contribution in [0.5, 0.6) is 5.75 Å². The zero-order valence-corrected chi connectivity index (χ0v) is 14.3. The molecule has 122 valence electrons. The van der Waals surface area contributed by atoms with Gasteiger partial charge in [0.15, 0.2) is 0 Å². The molecule has 2 aromatic rings. The lowest BCUT2D eigenvalue weighted by atomic mass is 10.0. The summed E-state index contributed by atoms with van der Waals surface area (Å²) in [6.45, 7) is 9.07. The van der Waals surface area contributed by atoms with Crippen LogP contribution >= 0.6 is 0 Å². The van der Waals surface area contributed by atoms with E-state index in [1.165, 1.54) is 0 Å². The summed E-state index contributed by atoms with van der Waals surface area (Å²) in [4.78, 5) is 12.5. The van der Waals surface area contributed by atoms with Crippen molar-refractivity contribution >= 4 is 11.6 Å². The summed E-state index contributed by atoms with van der Waals surface area (Å²) >= 11 is 0. The molecule has 0 aliphatic rings. The van der Waals surface area contributed by atoms with Crippen LogP contribution in [0.4, 0.5) is 5.69 Å². The Kier molecular flexibility index (Phi) is 5.80. The smallest absolute Gasteiger partial charge is 0.255 e. The molecule has 0 radical (unpaired) electrons. The van der Waals surface area contributed by atoms with Gasteiger partial charge in [0.25, 0.3) is 5.91 Å². The van der Waals surface area contributed by atoms with E-state index in [2.05, 4.69) is 33.0 Å². The molecule has 3 nitrogen and oxygen atoms in total. The summed E-state index contributed by atoms with van der Waals surface area (Å²) in [5.74, 6) is 1.41. The Bertz CT molecular complexity index is 662. The fraction of sp³-hybridized carbons (Fsp3) is 0.350. The van der Waals surface area contributed by atoms with E-state index >= 15 is 0 Å². The molecular formula is C20H25NO2. The van der Waals surface area contributed by atoms with Gasteiger partial charge >= 0.3 is 0 Å². The molecule has 0 spiro atoms. The van der Waals surface area contributed by atoms with Crippen molar-refractivity contribution in [3.8, 4) is 5.75 Å². The minimum Gasteiger partial charge on any atom is -0.493 e. The molecule has 2 rings (SSSR count). The van der Waals surface area contributed by atoms with E-state index in [0.29, 0.717) is 24.0 Å². The second-order valence-electron chi connectivity index (χ2n) is 6.43. The molecule has 0 unspecified atom stereocenters. The van der Waals surface area contributed by atoms with Crippen molar-refractivity contribution in [2.45, 2.75) is 33.6 Å². The molecule has 1 amide bonds. The van der Waals surface area contributed by atoms with Crippen molar-refractivity contribution in [2.24, 2.45) is 5.92 Å². The standard InChI is InChI=1S/C20H25NO2/c1-14(2)13-23-17-9-7-8-16(12-17)20(22)21-19-11-6-5-10-18(19)15(3)4/h5-12,14-15H,13H2,1-4H3,(H,21,22). The van der Waals surface area contributed by atoms with Gasteiger partial charge in [-0.05, 0) is 41.7 Å². The first kappa shape index (κ1) is 17.1. The van der Waals surface area contributed by atoms with E-state index in [-0.39, 0.29) is 5.91 Å². The van der Waals surface area contributed by atoms with Crippen molar-refractivity contribution in [1.29, 1.82) is 0 Å². The van der Waals surface area contributed by atoms with Gasteiger partial charge in [-0.2, -0.15) is 0 Å². The number of hydrogen-bond donors (Lipinski definition) is 1. The molecule has 1 N–H and O–H groups in total. The van der Waals surface area contributed by atoms with Gasteiger partial charge < -0.3 is 10.1 Å². The van der Waals surface area contributed by atoms with Crippen molar-refractivity contribution in [2.75, 3.05) is 11.9 Å². The molecule has 0 bridgehead atoms. The highest BCUT2D eigenvalue weighted by Gasteiger charge is 2.11. The lowest BCUT2D eigenvalue weighted by molar-refractivity contribution is 0.102. The quantitative estimate of drug-likeness (QED) is 0.806. The molecule has 2 aromatic carbocycles. The van der Waals surface area contributed by atoms with E-state index in [1.54, 1.807) is 12.1 Å². The monoisotopic (exact) mass is 311 g/mol. The van der Waals surface area contributed by atoms with Crippen LogP contribution in [-0.2, 0) is 0 Å². The molecule has 0 fully saturated rings. The highest BCUT2D eigenvalue weighted by molar-refractivity contribution is 6.04. The lowest BCUT2D eigenvalue weighted by Gasteiger charge is -2.14. The van der Waals surface area contributed by atoms with Crippen LogP contribution in [0.3, 0.4) is 0 Å². The summed E-state index contributed by atoms with van der Waals surface area (Å²) in [6, 6.07) is 15.2. The van der Waals surface area contributed by atoms with Gasteiger partial charge in [0.2, 0.25) is 0 Å². The molecule has 3 heteroatoms. The average Bonchev–Trinajstić information content (AvgIpc) is 2.53. The first-order chi connectivity index (χ1) is 11.0. The van der Waals surface area contributed by atoms with Gasteiger partial charge in [-0.1, -0.05) is 52.0 Å². The third-order valence-corrected chi connectivity index (χ3v) is 3.51. The summed E-state index contributed by atoms with van der Waals surface area (Å²) in [5, 5.41) is 3.01. The number of ether oxygens (including phenoxy) is 1. The fourth-order valence-corrected chi connectivity index (χ4v) is 2.30. The first-order valence-electron chi connectivity index (χ1n) is 8.10. The maximum Gasteiger partial charge on any atom is 0.255 e. The van der Waals surface area contributed by atoms with Gasteiger partial charge in [0.1, 0.15) is 5.75 Å². The number of carbonyl (C=O) groups is 1. The van der Waals surface area contributed by atoms with Gasteiger partial charge in [0, 0.05) is 11.3 Å². The largest absolute Gasteiger partial charge is 0.493 e. The SMILES string of the molecule is CC(C)COc1cccc(C(=O)Nc2ccccc2C(C)C)c1.